The lowest BCUT2D eigenvalue weighted by Crippen LogP contribution is -2.33. The molecule has 1 atom stereocenters. The third-order valence-corrected chi connectivity index (χ3v) is 5.54. The molecule has 4 nitrogen and oxygen atoms in total. The van der Waals surface area contributed by atoms with Crippen molar-refractivity contribution in [3.8, 4) is 0 Å². The summed E-state index contributed by atoms with van der Waals surface area (Å²) in [6, 6.07) is 3.53. The van der Waals surface area contributed by atoms with Gasteiger partial charge < -0.3 is 10.3 Å². The van der Waals surface area contributed by atoms with Crippen LogP contribution in [-0.4, -0.2) is 10.9 Å². The van der Waals surface area contributed by atoms with Gasteiger partial charge in [0, 0.05) is 18.2 Å². The standard InChI is InChI=1S/C18H24N2O2/c21-17-9-8-13-15(19-17)2-1-3-16(13)20-18(22)10-14(11-4-5-11)12-6-7-12/h8-9,11-12,14,16H,1-7,10H2,(H,19,21)(H,20,22)/t16-/m1/s1. The van der Waals surface area contributed by atoms with E-state index in [0.717, 1.165) is 42.4 Å². The summed E-state index contributed by atoms with van der Waals surface area (Å²) in [6.45, 7) is 0. The number of hydrogen-bond donors (Lipinski definition) is 2. The van der Waals surface area contributed by atoms with Gasteiger partial charge in [-0.25, -0.2) is 0 Å². The van der Waals surface area contributed by atoms with Gasteiger partial charge >= 0.3 is 0 Å². The molecule has 22 heavy (non-hydrogen) atoms. The Morgan fingerprint density at radius 2 is 1.91 bits per heavy atom. The first-order chi connectivity index (χ1) is 10.7. The molecule has 2 saturated carbocycles. The molecule has 2 N–H and O–H groups in total. The maximum absolute atomic E-state index is 12.5. The van der Waals surface area contributed by atoms with Crippen molar-refractivity contribution in [1.82, 2.24) is 10.3 Å². The lowest BCUT2D eigenvalue weighted by Gasteiger charge is -2.26. The number of carbonyl (C=O) groups is 1. The molecule has 2 fully saturated rings. The van der Waals surface area contributed by atoms with Crippen molar-refractivity contribution < 1.29 is 4.79 Å². The zero-order chi connectivity index (χ0) is 15.1. The van der Waals surface area contributed by atoms with Crippen LogP contribution in [0.1, 0.15) is 62.2 Å². The molecule has 1 heterocycles. The van der Waals surface area contributed by atoms with Crippen LogP contribution in [0.2, 0.25) is 0 Å². The number of amides is 1. The molecule has 1 aromatic heterocycles. The van der Waals surface area contributed by atoms with E-state index in [9.17, 15) is 9.59 Å². The Morgan fingerprint density at radius 1 is 1.18 bits per heavy atom. The molecule has 0 aliphatic heterocycles. The summed E-state index contributed by atoms with van der Waals surface area (Å²) in [5.41, 5.74) is 2.06. The largest absolute Gasteiger partial charge is 0.349 e. The third-order valence-electron chi connectivity index (χ3n) is 5.54. The summed E-state index contributed by atoms with van der Waals surface area (Å²) in [5, 5.41) is 3.23. The average molecular weight is 300 g/mol. The second-order valence-electron chi connectivity index (χ2n) is 7.31. The number of aromatic nitrogens is 1. The highest BCUT2D eigenvalue weighted by atomic mass is 16.1. The maximum Gasteiger partial charge on any atom is 0.248 e. The quantitative estimate of drug-likeness (QED) is 0.878. The monoisotopic (exact) mass is 300 g/mol. The topological polar surface area (TPSA) is 62.0 Å². The Labute approximate surface area is 130 Å². The first-order valence-corrected chi connectivity index (χ1v) is 8.72. The Hall–Kier alpha value is -1.58. The highest BCUT2D eigenvalue weighted by Crippen LogP contribution is 2.50. The zero-order valence-corrected chi connectivity index (χ0v) is 12.9. The molecule has 0 radical (unpaired) electrons. The summed E-state index contributed by atoms with van der Waals surface area (Å²) in [5.74, 6) is 2.45. The number of rotatable bonds is 5. The van der Waals surface area contributed by atoms with E-state index in [0.29, 0.717) is 12.3 Å². The number of pyridine rings is 1. The third kappa shape index (κ3) is 2.96. The molecule has 0 bridgehead atoms. The van der Waals surface area contributed by atoms with E-state index in [4.69, 9.17) is 0 Å². The highest BCUT2D eigenvalue weighted by molar-refractivity contribution is 5.77. The number of aryl methyl sites for hydroxylation is 1. The predicted octanol–water partition coefficient (Wildman–Crippen LogP) is 2.69. The van der Waals surface area contributed by atoms with Crippen molar-refractivity contribution in [3.63, 3.8) is 0 Å². The molecule has 0 unspecified atom stereocenters. The molecule has 3 aliphatic rings. The fourth-order valence-corrected chi connectivity index (χ4v) is 4.08. The van der Waals surface area contributed by atoms with Gasteiger partial charge in [0.25, 0.3) is 0 Å². The molecule has 1 aromatic rings. The lowest BCUT2D eigenvalue weighted by atomic mass is 9.90. The van der Waals surface area contributed by atoms with Crippen molar-refractivity contribution in [2.75, 3.05) is 0 Å². The summed E-state index contributed by atoms with van der Waals surface area (Å²) in [6.07, 6.45) is 8.89. The van der Waals surface area contributed by atoms with Crippen LogP contribution in [0.4, 0.5) is 0 Å². The van der Waals surface area contributed by atoms with Crippen LogP contribution in [0.5, 0.6) is 0 Å². The van der Waals surface area contributed by atoms with Crippen molar-refractivity contribution in [2.24, 2.45) is 17.8 Å². The van der Waals surface area contributed by atoms with Gasteiger partial charge in [-0.05, 0) is 74.3 Å². The van der Waals surface area contributed by atoms with Gasteiger partial charge in [0.15, 0.2) is 0 Å². The van der Waals surface area contributed by atoms with Gasteiger partial charge in [-0.1, -0.05) is 0 Å². The first-order valence-electron chi connectivity index (χ1n) is 8.72. The molecule has 0 aromatic carbocycles. The smallest absolute Gasteiger partial charge is 0.248 e. The fraction of sp³-hybridized carbons (Fsp3) is 0.667. The van der Waals surface area contributed by atoms with Crippen molar-refractivity contribution in [2.45, 2.75) is 57.4 Å². The lowest BCUT2D eigenvalue weighted by molar-refractivity contribution is -0.123. The van der Waals surface area contributed by atoms with E-state index in [1.807, 2.05) is 6.07 Å². The van der Waals surface area contributed by atoms with Crippen LogP contribution in [0.3, 0.4) is 0 Å². The van der Waals surface area contributed by atoms with E-state index in [1.54, 1.807) is 6.07 Å². The van der Waals surface area contributed by atoms with E-state index < -0.39 is 0 Å². The molecule has 0 spiro atoms. The van der Waals surface area contributed by atoms with E-state index in [-0.39, 0.29) is 17.5 Å². The minimum atomic E-state index is -0.0479. The summed E-state index contributed by atoms with van der Waals surface area (Å²) < 4.78 is 0. The second kappa shape index (κ2) is 5.56. The van der Waals surface area contributed by atoms with E-state index in [2.05, 4.69) is 10.3 Å². The molecule has 118 valence electrons. The summed E-state index contributed by atoms with van der Waals surface area (Å²) >= 11 is 0. The van der Waals surface area contributed by atoms with Gasteiger partial charge in [0.2, 0.25) is 11.5 Å². The molecular formula is C18H24N2O2. The Balaban J connectivity index is 1.43. The van der Waals surface area contributed by atoms with Crippen molar-refractivity contribution in [3.05, 3.63) is 33.7 Å². The number of aromatic amines is 1. The van der Waals surface area contributed by atoms with E-state index >= 15 is 0 Å². The Kier molecular flexibility index (Phi) is 3.55. The van der Waals surface area contributed by atoms with Gasteiger partial charge in [-0.3, -0.25) is 9.59 Å². The van der Waals surface area contributed by atoms with Crippen LogP contribution in [0.15, 0.2) is 16.9 Å². The van der Waals surface area contributed by atoms with Crippen LogP contribution >= 0.6 is 0 Å². The highest BCUT2D eigenvalue weighted by Gasteiger charge is 2.42. The average Bonchev–Trinajstić information content (AvgIpc) is 3.38. The normalized spacial score (nSPS) is 24.1. The van der Waals surface area contributed by atoms with Crippen molar-refractivity contribution >= 4 is 5.91 Å². The minimum Gasteiger partial charge on any atom is -0.349 e. The molecule has 1 amide bonds. The number of hydrogen-bond acceptors (Lipinski definition) is 2. The van der Waals surface area contributed by atoms with Gasteiger partial charge in [-0.15, -0.1) is 0 Å². The Bertz CT molecular complexity index is 616. The molecule has 0 saturated heterocycles. The van der Waals surface area contributed by atoms with Crippen LogP contribution in [0.25, 0.3) is 0 Å². The van der Waals surface area contributed by atoms with Gasteiger partial charge in [0.05, 0.1) is 6.04 Å². The molecule has 3 aliphatic carbocycles. The van der Waals surface area contributed by atoms with Gasteiger partial charge in [0.1, 0.15) is 0 Å². The SMILES string of the molecule is O=C(CC(C1CC1)C1CC1)N[C@@H]1CCCc2[nH]c(=O)ccc21. The Morgan fingerprint density at radius 3 is 2.59 bits per heavy atom. The number of H-pyrrole nitrogens is 1. The fourth-order valence-electron chi connectivity index (χ4n) is 4.08. The predicted molar refractivity (Wildman–Crippen MR) is 84.4 cm³/mol. The van der Waals surface area contributed by atoms with Crippen LogP contribution < -0.4 is 10.9 Å². The zero-order valence-electron chi connectivity index (χ0n) is 12.9. The van der Waals surface area contributed by atoms with Gasteiger partial charge in [-0.2, -0.15) is 0 Å². The second-order valence-corrected chi connectivity index (χ2v) is 7.31. The first kappa shape index (κ1) is 14.0. The molecule has 4 heteroatoms. The summed E-state index contributed by atoms with van der Waals surface area (Å²) in [4.78, 5) is 26.8. The molecule has 4 rings (SSSR count). The molecular weight excluding hydrogens is 276 g/mol. The van der Waals surface area contributed by atoms with Crippen molar-refractivity contribution in [1.29, 1.82) is 0 Å². The maximum atomic E-state index is 12.5. The van der Waals surface area contributed by atoms with Crippen LogP contribution in [-0.2, 0) is 11.2 Å². The van der Waals surface area contributed by atoms with Crippen LogP contribution in [0, 0.1) is 17.8 Å². The summed E-state index contributed by atoms with van der Waals surface area (Å²) in [7, 11) is 0. The van der Waals surface area contributed by atoms with E-state index in [1.165, 1.54) is 25.7 Å². The minimum absolute atomic E-state index is 0.0479. The number of nitrogens with one attached hydrogen (secondary N) is 2. The number of carbonyl (C=O) groups excluding carboxylic acids is 1. The number of fused-ring (bicyclic) bond motifs is 1.